The molecule has 0 fully saturated rings. The number of carbonyl (C=O) groups is 2. The Bertz CT molecular complexity index is 426. The van der Waals surface area contributed by atoms with Gasteiger partial charge in [0.25, 0.3) is 5.91 Å². The van der Waals surface area contributed by atoms with Crippen molar-refractivity contribution < 1.29 is 14.3 Å². The summed E-state index contributed by atoms with van der Waals surface area (Å²) in [5, 5.41) is 3.05. The Balaban J connectivity index is 2.24. The smallest absolute Gasteiger partial charge is 0.316 e. The van der Waals surface area contributed by atoms with Crippen LogP contribution in [-0.4, -0.2) is 31.3 Å². The maximum absolute atomic E-state index is 11.3. The predicted octanol–water partition coefficient (Wildman–Crippen LogP) is 1.86. The number of halogens is 1. The van der Waals surface area contributed by atoms with Crippen LogP contribution in [0, 0.1) is 0 Å². The highest BCUT2D eigenvalue weighted by Gasteiger charge is 2.07. The van der Waals surface area contributed by atoms with E-state index in [-0.39, 0.29) is 18.3 Å². The zero-order valence-corrected chi connectivity index (χ0v) is 11.5. The average Bonchev–Trinajstić information content (AvgIpc) is 2.38. The molecule has 1 rings (SSSR count). The Hall–Kier alpha value is -1.20. The normalized spacial score (nSPS) is 9.89. The fourth-order valence-electron chi connectivity index (χ4n) is 1.12. The molecule has 0 heterocycles. The Kier molecular flexibility index (Phi) is 6.60. The van der Waals surface area contributed by atoms with Gasteiger partial charge in [0.15, 0.2) is 6.61 Å². The molecule has 0 aliphatic heterocycles. The molecule has 98 valence electrons. The average molecular weight is 288 g/mol. The SMILES string of the molecule is CNC(=O)COC(=O)CSCc1ccccc1Cl. The van der Waals surface area contributed by atoms with Gasteiger partial charge in [0.1, 0.15) is 0 Å². The molecule has 1 amide bonds. The summed E-state index contributed by atoms with van der Waals surface area (Å²) in [6.45, 7) is -0.234. The van der Waals surface area contributed by atoms with Gasteiger partial charge in [-0.25, -0.2) is 0 Å². The van der Waals surface area contributed by atoms with Crippen molar-refractivity contribution in [2.45, 2.75) is 5.75 Å². The van der Waals surface area contributed by atoms with Gasteiger partial charge in [-0.15, -0.1) is 11.8 Å². The second kappa shape index (κ2) is 8.00. The monoisotopic (exact) mass is 287 g/mol. The van der Waals surface area contributed by atoms with Gasteiger partial charge in [-0.2, -0.15) is 0 Å². The van der Waals surface area contributed by atoms with Gasteiger partial charge in [0.05, 0.1) is 5.75 Å². The fourth-order valence-corrected chi connectivity index (χ4v) is 2.23. The highest BCUT2D eigenvalue weighted by Crippen LogP contribution is 2.20. The van der Waals surface area contributed by atoms with E-state index in [2.05, 4.69) is 5.32 Å². The third kappa shape index (κ3) is 5.42. The van der Waals surface area contributed by atoms with E-state index in [0.717, 1.165) is 5.56 Å². The number of nitrogens with one attached hydrogen (secondary N) is 1. The third-order valence-corrected chi connectivity index (χ3v) is 3.40. The zero-order valence-electron chi connectivity index (χ0n) is 9.94. The number of rotatable bonds is 6. The number of hydrogen-bond acceptors (Lipinski definition) is 4. The van der Waals surface area contributed by atoms with Gasteiger partial charge >= 0.3 is 5.97 Å². The summed E-state index contributed by atoms with van der Waals surface area (Å²) in [6, 6.07) is 7.46. The number of thioether (sulfide) groups is 1. The molecule has 6 heteroatoms. The van der Waals surface area contributed by atoms with Crippen molar-refractivity contribution in [1.82, 2.24) is 5.32 Å². The molecule has 0 bridgehead atoms. The second-order valence-corrected chi connectivity index (χ2v) is 4.81. The quantitative estimate of drug-likeness (QED) is 0.812. The number of likely N-dealkylation sites (N-methyl/N-ethyl adjacent to an activating group) is 1. The van der Waals surface area contributed by atoms with E-state index in [9.17, 15) is 9.59 Å². The summed E-state index contributed by atoms with van der Waals surface area (Å²) in [5.41, 5.74) is 0.975. The van der Waals surface area contributed by atoms with E-state index in [1.54, 1.807) is 6.07 Å². The topological polar surface area (TPSA) is 55.4 Å². The van der Waals surface area contributed by atoms with Crippen molar-refractivity contribution in [3.63, 3.8) is 0 Å². The number of hydrogen-bond donors (Lipinski definition) is 1. The number of benzene rings is 1. The molecule has 0 aromatic heterocycles. The first-order chi connectivity index (χ1) is 8.63. The van der Waals surface area contributed by atoms with Gasteiger partial charge < -0.3 is 10.1 Å². The van der Waals surface area contributed by atoms with Crippen LogP contribution in [0.5, 0.6) is 0 Å². The maximum Gasteiger partial charge on any atom is 0.316 e. The number of esters is 1. The minimum Gasteiger partial charge on any atom is -0.455 e. The molecule has 0 aliphatic rings. The van der Waals surface area contributed by atoms with Crippen molar-refractivity contribution in [2.24, 2.45) is 0 Å². The van der Waals surface area contributed by atoms with Crippen LogP contribution in [0.25, 0.3) is 0 Å². The van der Waals surface area contributed by atoms with E-state index in [1.807, 2.05) is 18.2 Å². The van der Waals surface area contributed by atoms with Crippen molar-refractivity contribution in [3.05, 3.63) is 34.9 Å². The van der Waals surface area contributed by atoms with Crippen LogP contribution >= 0.6 is 23.4 Å². The first kappa shape index (κ1) is 14.9. The minimum atomic E-state index is -0.407. The first-order valence-electron chi connectivity index (χ1n) is 5.31. The van der Waals surface area contributed by atoms with Crippen molar-refractivity contribution in [3.8, 4) is 0 Å². The van der Waals surface area contributed by atoms with Crippen molar-refractivity contribution in [1.29, 1.82) is 0 Å². The third-order valence-electron chi connectivity index (χ3n) is 2.08. The summed E-state index contributed by atoms with van der Waals surface area (Å²) in [5.74, 6) is 0.104. The fraction of sp³-hybridized carbons (Fsp3) is 0.333. The molecular formula is C12H14ClNO3S. The molecule has 0 saturated carbocycles. The number of amides is 1. The Morgan fingerprint density at radius 2 is 2.11 bits per heavy atom. The molecule has 0 aliphatic carbocycles. The van der Waals surface area contributed by atoms with Gasteiger partial charge in [-0.05, 0) is 11.6 Å². The maximum atomic E-state index is 11.3. The van der Waals surface area contributed by atoms with Gasteiger partial charge in [0, 0.05) is 17.8 Å². The summed E-state index contributed by atoms with van der Waals surface area (Å²) in [4.78, 5) is 22.1. The molecule has 18 heavy (non-hydrogen) atoms. The lowest BCUT2D eigenvalue weighted by atomic mass is 10.2. The zero-order chi connectivity index (χ0) is 13.4. The number of carbonyl (C=O) groups excluding carboxylic acids is 2. The standard InChI is InChI=1S/C12H14ClNO3S/c1-14-11(15)6-17-12(16)8-18-7-9-4-2-3-5-10(9)13/h2-5H,6-8H2,1H3,(H,14,15). The van der Waals surface area contributed by atoms with Crippen LogP contribution in [0.2, 0.25) is 5.02 Å². The molecule has 1 N–H and O–H groups in total. The summed E-state index contributed by atoms with van der Waals surface area (Å²) in [7, 11) is 1.49. The Morgan fingerprint density at radius 3 is 2.78 bits per heavy atom. The highest BCUT2D eigenvalue weighted by molar-refractivity contribution is 7.99. The van der Waals surface area contributed by atoms with Crippen LogP contribution in [0.1, 0.15) is 5.56 Å². The Labute approximate surface area is 115 Å². The van der Waals surface area contributed by atoms with Crippen LogP contribution in [0.3, 0.4) is 0 Å². The number of ether oxygens (including phenoxy) is 1. The van der Waals surface area contributed by atoms with E-state index < -0.39 is 5.97 Å². The predicted molar refractivity (Wildman–Crippen MR) is 72.6 cm³/mol. The molecule has 0 atom stereocenters. The van der Waals surface area contributed by atoms with Crippen LogP contribution < -0.4 is 5.32 Å². The molecule has 0 spiro atoms. The molecular weight excluding hydrogens is 274 g/mol. The molecule has 0 saturated heterocycles. The molecule has 1 aromatic carbocycles. The lowest BCUT2D eigenvalue weighted by molar-refractivity contribution is -0.145. The summed E-state index contributed by atoms with van der Waals surface area (Å²) < 4.78 is 4.76. The first-order valence-corrected chi connectivity index (χ1v) is 6.84. The van der Waals surface area contributed by atoms with Crippen molar-refractivity contribution >= 4 is 35.2 Å². The van der Waals surface area contributed by atoms with E-state index >= 15 is 0 Å². The second-order valence-electron chi connectivity index (χ2n) is 3.42. The van der Waals surface area contributed by atoms with Crippen LogP contribution in [0.4, 0.5) is 0 Å². The van der Waals surface area contributed by atoms with E-state index in [1.165, 1.54) is 18.8 Å². The molecule has 4 nitrogen and oxygen atoms in total. The van der Waals surface area contributed by atoms with Gasteiger partial charge in [-0.3, -0.25) is 9.59 Å². The van der Waals surface area contributed by atoms with Crippen LogP contribution in [0.15, 0.2) is 24.3 Å². The molecule has 1 aromatic rings. The van der Waals surface area contributed by atoms with E-state index in [4.69, 9.17) is 16.3 Å². The van der Waals surface area contributed by atoms with Crippen LogP contribution in [-0.2, 0) is 20.1 Å². The van der Waals surface area contributed by atoms with Crippen molar-refractivity contribution in [2.75, 3.05) is 19.4 Å². The largest absolute Gasteiger partial charge is 0.455 e. The minimum absolute atomic E-state index is 0.197. The van der Waals surface area contributed by atoms with Gasteiger partial charge in [-0.1, -0.05) is 29.8 Å². The Morgan fingerprint density at radius 1 is 1.39 bits per heavy atom. The lowest BCUT2D eigenvalue weighted by Crippen LogP contribution is -2.25. The highest BCUT2D eigenvalue weighted by atomic mass is 35.5. The lowest BCUT2D eigenvalue weighted by Gasteiger charge is -2.05. The van der Waals surface area contributed by atoms with Gasteiger partial charge in [0.2, 0.25) is 0 Å². The molecule has 0 unspecified atom stereocenters. The van der Waals surface area contributed by atoms with E-state index in [0.29, 0.717) is 10.8 Å². The molecule has 0 radical (unpaired) electrons. The summed E-state index contributed by atoms with van der Waals surface area (Å²) in [6.07, 6.45) is 0. The summed E-state index contributed by atoms with van der Waals surface area (Å²) >= 11 is 7.38.